The average Bonchev–Trinajstić information content (AvgIpc) is 3.28. The second kappa shape index (κ2) is 7.07. The molecule has 1 unspecified atom stereocenters. The number of fused-ring (bicyclic) bond motifs is 1. The van der Waals surface area contributed by atoms with E-state index in [1.807, 2.05) is 4.90 Å². The van der Waals surface area contributed by atoms with Gasteiger partial charge in [0.15, 0.2) is 0 Å². The molecule has 1 saturated carbocycles. The maximum Gasteiger partial charge on any atom is 0.246 e. The molecule has 1 amide bonds. The lowest BCUT2D eigenvalue weighted by molar-refractivity contribution is -0.127. The second-order valence-corrected chi connectivity index (χ2v) is 7.22. The van der Waals surface area contributed by atoms with E-state index in [4.69, 9.17) is 4.74 Å². The molecular weight excluding hydrogens is 330 g/mol. The van der Waals surface area contributed by atoms with Crippen LogP contribution < -0.4 is 5.32 Å². The van der Waals surface area contributed by atoms with Crippen molar-refractivity contribution in [3.05, 3.63) is 30.7 Å². The third-order valence-corrected chi connectivity index (χ3v) is 5.45. The van der Waals surface area contributed by atoms with Gasteiger partial charge in [0.2, 0.25) is 5.91 Å². The minimum absolute atomic E-state index is 0.00736. The van der Waals surface area contributed by atoms with E-state index in [9.17, 15) is 4.79 Å². The summed E-state index contributed by atoms with van der Waals surface area (Å²) >= 11 is 0. The first-order valence-electron chi connectivity index (χ1n) is 9.20. The van der Waals surface area contributed by atoms with E-state index >= 15 is 0 Å². The maximum atomic E-state index is 11.9. The van der Waals surface area contributed by atoms with E-state index in [-0.39, 0.29) is 11.9 Å². The van der Waals surface area contributed by atoms with Crippen LogP contribution in [-0.2, 0) is 9.53 Å². The van der Waals surface area contributed by atoms with Crippen LogP contribution in [0.25, 0.3) is 11.0 Å². The predicted octanol–water partition coefficient (Wildman–Crippen LogP) is 2.30. The minimum atomic E-state index is -0.00736. The monoisotopic (exact) mass is 355 g/mol. The number of aromatic amines is 1. The van der Waals surface area contributed by atoms with Gasteiger partial charge in [-0.3, -0.25) is 4.79 Å². The van der Waals surface area contributed by atoms with Gasteiger partial charge in [-0.1, -0.05) is 6.58 Å². The van der Waals surface area contributed by atoms with Gasteiger partial charge in [0, 0.05) is 39.0 Å². The van der Waals surface area contributed by atoms with Crippen LogP contribution in [0.2, 0.25) is 0 Å². The van der Waals surface area contributed by atoms with Gasteiger partial charge in [-0.05, 0) is 42.7 Å². The third-order valence-electron chi connectivity index (χ3n) is 5.45. The van der Waals surface area contributed by atoms with Crippen LogP contribution in [0, 0.1) is 5.92 Å². The Morgan fingerprint density at radius 1 is 1.54 bits per heavy atom. The lowest BCUT2D eigenvalue weighted by Crippen LogP contribution is -2.44. The molecule has 0 spiro atoms. The first-order valence-corrected chi connectivity index (χ1v) is 9.20. The fourth-order valence-corrected chi connectivity index (χ4v) is 4.03. The first kappa shape index (κ1) is 17.0. The Morgan fingerprint density at radius 3 is 3.23 bits per heavy atom. The Bertz CT molecular complexity index is 817. The molecule has 7 nitrogen and oxygen atoms in total. The van der Waals surface area contributed by atoms with Gasteiger partial charge in [-0.15, -0.1) is 0 Å². The van der Waals surface area contributed by atoms with Crippen molar-refractivity contribution < 1.29 is 9.53 Å². The van der Waals surface area contributed by atoms with Crippen LogP contribution in [0.5, 0.6) is 0 Å². The molecule has 3 heterocycles. The summed E-state index contributed by atoms with van der Waals surface area (Å²) in [6.07, 6.45) is 8.16. The number of carbonyl (C=O) groups is 1. The summed E-state index contributed by atoms with van der Waals surface area (Å²) in [6.45, 7) is 5.84. The molecule has 4 rings (SSSR count). The van der Waals surface area contributed by atoms with Crippen molar-refractivity contribution in [3.8, 4) is 0 Å². The van der Waals surface area contributed by atoms with Crippen LogP contribution in [0.3, 0.4) is 0 Å². The highest BCUT2D eigenvalue weighted by Gasteiger charge is 2.40. The number of aromatic nitrogens is 3. The lowest BCUT2D eigenvalue weighted by Gasteiger charge is -2.33. The van der Waals surface area contributed by atoms with E-state index in [1.165, 1.54) is 11.6 Å². The number of carbonyl (C=O) groups excluding carboxylic acids is 1. The average molecular weight is 355 g/mol. The van der Waals surface area contributed by atoms with E-state index in [1.54, 1.807) is 13.4 Å². The van der Waals surface area contributed by atoms with E-state index in [0.29, 0.717) is 18.4 Å². The van der Waals surface area contributed by atoms with Gasteiger partial charge in [0.25, 0.3) is 0 Å². The van der Waals surface area contributed by atoms with E-state index in [2.05, 4.69) is 33.0 Å². The quantitative estimate of drug-likeness (QED) is 0.777. The van der Waals surface area contributed by atoms with Crippen molar-refractivity contribution in [2.24, 2.45) is 5.92 Å². The molecule has 0 aromatic carbocycles. The van der Waals surface area contributed by atoms with Gasteiger partial charge in [-0.25, -0.2) is 9.97 Å². The molecule has 2 aliphatic rings. The summed E-state index contributed by atoms with van der Waals surface area (Å²) < 4.78 is 5.30. The number of H-pyrrole nitrogens is 1. The molecular formula is C19H25N5O2. The minimum Gasteiger partial charge on any atom is -0.384 e. The Labute approximate surface area is 152 Å². The van der Waals surface area contributed by atoms with Crippen molar-refractivity contribution in [2.75, 3.05) is 32.1 Å². The molecule has 3 atom stereocenters. The van der Waals surface area contributed by atoms with Crippen molar-refractivity contribution in [3.63, 3.8) is 0 Å². The van der Waals surface area contributed by atoms with Crippen LogP contribution >= 0.6 is 0 Å². The molecule has 1 aliphatic carbocycles. The van der Waals surface area contributed by atoms with Crippen LogP contribution in [0.4, 0.5) is 5.82 Å². The van der Waals surface area contributed by atoms with Gasteiger partial charge in [0.05, 0.1) is 5.39 Å². The van der Waals surface area contributed by atoms with Crippen LogP contribution in [-0.4, -0.2) is 58.6 Å². The molecule has 138 valence electrons. The van der Waals surface area contributed by atoms with Crippen LogP contribution in [0.15, 0.2) is 25.2 Å². The molecule has 0 bridgehead atoms. The van der Waals surface area contributed by atoms with E-state index < -0.39 is 0 Å². The maximum absolute atomic E-state index is 11.9. The first-order chi connectivity index (χ1) is 12.7. The summed E-state index contributed by atoms with van der Waals surface area (Å²) in [4.78, 5) is 25.9. The predicted molar refractivity (Wildman–Crippen MR) is 100 cm³/mol. The number of likely N-dealkylation sites (tertiary alicyclic amines) is 1. The fraction of sp³-hybridized carbons (Fsp3) is 0.526. The zero-order valence-electron chi connectivity index (χ0n) is 15.1. The molecule has 1 aliphatic heterocycles. The fourth-order valence-electron chi connectivity index (χ4n) is 4.03. The molecule has 2 N–H and O–H groups in total. The summed E-state index contributed by atoms with van der Waals surface area (Å²) in [7, 11) is 1.75. The van der Waals surface area contributed by atoms with Crippen LogP contribution in [0.1, 0.15) is 30.7 Å². The number of ether oxygens (including phenoxy) is 1. The molecule has 1 saturated heterocycles. The van der Waals surface area contributed by atoms with Crippen molar-refractivity contribution in [2.45, 2.75) is 31.2 Å². The van der Waals surface area contributed by atoms with Crippen molar-refractivity contribution in [1.82, 2.24) is 19.9 Å². The third kappa shape index (κ3) is 3.19. The summed E-state index contributed by atoms with van der Waals surface area (Å²) in [5.74, 6) is 1.92. The summed E-state index contributed by atoms with van der Waals surface area (Å²) in [5, 5.41) is 4.63. The normalized spacial score (nSPS) is 25.3. The van der Waals surface area contributed by atoms with Gasteiger partial charge < -0.3 is 19.9 Å². The number of nitrogens with zero attached hydrogens (tertiary/aromatic N) is 3. The topological polar surface area (TPSA) is 83.1 Å². The number of hydrogen-bond donors (Lipinski definition) is 2. The summed E-state index contributed by atoms with van der Waals surface area (Å²) in [5.41, 5.74) is 2.12. The van der Waals surface area contributed by atoms with Gasteiger partial charge in [0.1, 0.15) is 17.8 Å². The Hall–Kier alpha value is -2.41. The smallest absolute Gasteiger partial charge is 0.246 e. The van der Waals surface area contributed by atoms with E-state index in [0.717, 1.165) is 49.3 Å². The lowest BCUT2D eigenvalue weighted by atomic mass is 10.0. The highest BCUT2D eigenvalue weighted by atomic mass is 16.5. The van der Waals surface area contributed by atoms with Crippen molar-refractivity contribution >= 4 is 22.8 Å². The molecule has 7 heteroatoms. The number of hydrogen-bond acceptors (Lipinski definition) is 5. The number of nitrogens with one attached hydrogen (secondary N) is 2. The zero-order valence-corrected chi connectivity index (χ0v) is 15.1. The highest BCUT2D eigenvalue weighted by molar-refractivity contribution is 5.91. The summed E-state index contributed by atoms with van der Waals surface area (Å²) in [6, 6.07) is 0.183. The Balaban J connectivity index is 1.56. The number of amides is 1. The number of piperidine rings is 1. The molecule has 2 aromatic rings. The Morgan fingerprint density at radius 2 is 2.42 bits per heavy atom. The highest BCUT2D eigenvalue weighted by Crippen LogP contribution is 2.50. The van der Waals surface area contributed by atoms with Gasteiger partial charge in [-0.2, -0.15) is 0 Å². The largest absolute Gasteiger partial charge is 0.384 e. The number of rotatable bonds is 6. The molecule has 2 fully saturated rings. The van der Waals surface area contributed by atoms with Gasteiger partial charge >= 0.3 is 0 Å². The Kier molecular flexibility index (Phi) is 4.63. The van der Waals surface area contributed by atoms with Crippen molar-refractivity contribution in [1.29, 1.82) is 0 Å². The SMILES string of the molecule is C=CC(=O)N1CCC[C@@H](Nc2ncnc3[nH]cc(C4C[C@H]4COC)c23)C1. The molecule has 26 heavy (non-hydrogen) atoms. The number of methoxy groups -OCH3 is 1. The second-order valence-electron chi connectivity index (χ2n) is 7.22. The standard InChI is InChI=1S/C19H25N5O2/c1-3-16(25)24-6-4-5-13(9-24)23-19-17-15(14-7-12(14)10-26-2)8-20-18(17)21-11-22-19/h3,8,11-14H,1,4-7,9-10H2,2H3,(H2,20,21,22,23)/t12-,13+,14?/m0/s1. The number of anilines is 1. The zero-order chi connectivity index (χ0) is 18.1. The molecule has 2 aromatic heterocycles. The molecule has 0 radical (unpaired) electrons.